The Bertz CT molecular complexity index is 952. The SMILES string of the molecule is C=CCNC(=O)C1(Cc2cccc(-c3ccccc3)c2)CCCN(C(=O)C2CCCO2)C1. The van der Waals surface area contributed by atoms with Gasteiger partial charge in [-0.05, 0) is 48.8 Å². The van der Waals surface area contributed by atoms with Gasteiger partial charge in [0.1, 0.15) is 6.10 Å². The van der Waals surface area contributed by atoms with Gasteiger partial charge in [0.25, 0.3) is 5.91 Å². The summed E-state index contributed by atoms with van der Waals surface area (Å²) in [7, 11) is 0. The number of ether oxygens (including phenoxy) is 1. The third kappa shape index (κ3) is 4.94. The van der Waals surface area contributed by atoms with Crippen LogP contribution >= 0.6 is 0 Å². The van der Waals surface area contributed by atoms with E-state index in [1.54, 1.807) is 6.08 Å². The summed E-state index contributed by atoms with van der Waals surface area (Å²) < 4.78 is 5.64. The molecular weight excluding hydrogens is 400 g/mol. The van der Waals surface area contributed by atoms with Gasteiger partial charge in [-0.2, -0.15) is 0 Å². The molecular formula is C27H32N2O3. The fraction of sp³-hybridized carbons (Fsp3) is 0.407. The van der Waals surface area contributed by atoms with Crippen LogP contribution in [0.3, 0.4) is 0 Å². The van der Waals surface area contributed by atoms with Gasteiger partial charge in [-0.25, -0.2) is 0 Å². The standard InChI is InChI=1S/C27H32N2O3/c1-2-15-28-26(31)27(14-8-16-29(20-27)25(30)24-13-7-17-32-24)19-21-9-6-12-23(18-21)22-10-4-3-5-11-22/h2-6,9-12,18,24H,1,7-8,13-17,19-20H2,(H,28,31). The first kappa shape index (κ1) is 22.3. The minimum atomic E-state index is -0.662. The topological polar surface area (TPSA) is 58.6 Å². The summed E-state index contributed by atoms with van der Waals surface area (Å²) in [6.45, 7) is 5.89. The van der Waals surface area contributed by atoms with Crippen molar-refractivity contribution in [3.8, 4) is 11.1 Å². The summed E-state index contributed by atoms with van der Waals surface area (Å²) in [6, 6.07) is 18.6. The predicted molar refractivity (Wildman–Crippen MR) is 126 cm³/mol. The largest absolute Gasteiger partial charge is 0.368 e. The number of rotatable bonds is 7. The lowest BCUT2D eigenvalue weighted by Gasteiger charge is -2.42. The molecule has 0 aliphatic carbocycles. The Hall–Kier alpha value is -2.92. The Morgan fingerprint density at radius 3 is 2.69 bits per heavy atom. The lowest BCUT2D eigenvalue weighted by molar-refractivity contribution is -0.148. The molecule has 2 aliphatic rings. The van der Waals surface area contributed by atoms with Crippen LogP contribution in [0.5, 0.6) is 0 Å². The molecule has 0 spiro atoms. The molecule has 168 valence electrons. The number of nitrogens with one attached hydrogen (secondary N) is 1. The minimum absolute atomic E-state index is 0.00708. The van der Waals surface area contributed by atoms with Crippen LogP contribution in [0.2, 0.25) is 0 Å². The van der Waals surface area contributed by atoms with Crippen molar-refractivity contribution in [1.29, 1.82) is 0 Å². The lowest BCUT2D eigenvalue weighted by atomic mass is 9.73. The Labute approximate surface area is 190 Å². The first-order valence-corrected chi connectivity index (χ1v) is 11.6. The highest BCUT2D eigenvalue weighted by atomic mass is 16.5. The average Bonchev–Trinajstić information content (AvgIpc) is 3.38. The number of carbonyl (C=O) groups excluding carboxylic acids is 2. The van der Waals surface area contributed by atoms with Crippen LogP contribution in [0.15, 0.2) is 67.3 Å². The molecule has 4 rings (SSSR count). The summed E-state index contributed by atoms with van der Waals surface area (Å²) in [6.07, 6.45) is 5.17. The van der Waals surface area contributed by atoms with Crippen LogP contribution in [0, 0.1) is 5.41 Å². The Morgan fingerprint density at radius 1 is 1.12 bits per heavy atom. The molecule has 5 heteroatoms. The van der Waals surface area contributed by atoms with Crippen LogP contribution in [0.25, 0.3) is 11.1 Å². The van der Waals surface area contributed by atoms with Gasteiger partial charge in [-0.15, -0.1) is 6.58 Å². The van der Waals surface area contributed by atoms with E-state index in [2.05, 4.69) is 42.2 Å². The first-order valence-electron chi connectivity index (χ1n) is 11.6. The van der Waals surface area contributed by atoms with Crippen molar-refractivity contribution in [2.45, 2.75) is 38.2 Å². The van der Waals surface area contributed by atoms with E-state index in [0.29, 0.717) is 32.7 Å². The Kier molecular flexibility index (Phi) is 7.05. The molecule has 2 aliphatic heterocycles. The molecule has 2 aromatic carbocycles. The number of piperidine rings is 1. The fourth-order valence-corrected chi connectivity index (χ4v) is 4.94. The van der Waals surface area contributed by atoms with Gasteiger partial charge < -0.3 is 15.0 Å². The highest BCUT2D eigenvalue weighted by Gasteiger charge is 2.44. The third-order valence-corrected chi connectivity index (χ3v) is 6.56. The molecule has 5 nitrogen and oxygen atoms in total. The van der Waals surface area contributed by atoms with E-state index in [0.717, 1.165) is 42.4 Å². The number of likely N-dealkylation sites (tertiary alicyclic amines) is 1. The lowest BCUT2D eigenvalue weighted by Crippen LogP contribution is -2.56. The summed E-state index contributed by atoms with van der Waals surface area (Å²) in [5.41, 5.74) is 2.72. The van der Waals surface area contributed by atoms with Gasteiger partial charge in [0.2, 0.25) is 5.91 Å². The van der Waals surface area contributed by atoms with Crippen molar-refractivity contribution in [1.82, 2.24) is 10.2 Å². The third-order valence-electron chi connectivity index (χ3n) is 6.56. The zero-order chi connectivity index (χ0) is 22.4. The molecule has 2 unspecified atom stereocenters. The van der Waals surface area contributed by atoms with Crippen molar-refractivity contribution in [3.05, 3.63) is 72.8 Å². The number of nitrogens with zero attached hydrogens (tertiary/aromatic N) is 1. The van der Waals surface area contributed by atoms with E-state index >= 15 is 0 Å². The van der Waals surface area contributed by atoms with Crippen molar-refractivity contribution in [3.63, 3.8) is 0 Å². The maximum Gasteiger partial charge on any atom is 0.251 e. The monoisotopic (exact) mass is 432 g/mol. The maximum absolute atomic E-state index is 13.4. The molecule has 2 heterocycles. The summed E-state index contributed by atoms with van der Waals surface area (Å²) in [5, 5.41) is 3.01. The van der Waals surface area contributed by atoms with Crippen molar-refractivity contribution < 1.29 is 14.3 Å². The normalized spacial score (nSPS) is 23.0. The van der Waals surface area contributed by atoms with Crippen molar-refractivity contribution in [2.75, 3.05) is 26.2 Å². The van der Waals surface area contributed by atoms with E-state index < -0.39 is 5.41 Å². The van der Waals surface area contributed by atoms with E-state index in [1.165, 1.54) is 0 Å². The minimum Gasteiger partial charge on any atom is -0.368 e. The van der Waals surface area contributed by atoms with Gasteiger partial charge in [-0.1, -0.05) is 60.7 Å². The molecule has 2 saturated heterocycles. The number of hydrogen-bond donors (Lipinski definition) is 1. The van der Waals surface area contributed by atoms with Crippen LogP contribution in [0.1, 0.15) is 31.2 Å². The molecule has 2 aromatic rings. The molecule has 1 N–H and O–H groups in total. The van der Waals surface area contributed by atoms with Gasteiger partial charge in [-0.3, -0.25) is 9.59 Å². The molecule has 2 fully saturated rings. The van der Waals surface area contributed by atoms with Gasteiger partial charge in [0.05, 0.1) is 5.41 Å². The molecule has 0 bridgehead atoms. The van der Waals surface area contributed by atoms with Crippen molar-refractivity contribution in [2.24, 2.45) is 5.41 Å². The van der Waals surface area contributed by atoms with E-state index in [1.807, 2.05) is 29.2 Å². The van der Waals surface area contributed by atoms with Crippen LogP contribution in [-0.4, -0.2) is 49.1 Å². The highest BCUT2D eigenvalue weighted by molar-refractivity contribution is 5.86. The molecule has 0 aromatic heterocycles. The molecule has 2 atom stereocenters. The van der Waals surface area contributed by atoms with Crippen LogP contribution in [-0.2, 0) is 20.7 Å². The fourth-order valence-electron chi connectivity index (χ4n) is 4.94. The summed E-state index contributed by atoms with van der Waals surface area (Å²) in [4.78, 5) is 28.3. The van der Waals surface area contributed by atoms with Crippen molar-refractivity contribution >= 4 is 11.8 Å². The van der Waals surface area contributed by atoms with E-state index in [4.69, 9.17) is 4.74 Å². The summed E-state index contributed by atoms with van der Waals surface area (Å²) >= 11 is 0. The van der Waals surface area contributed by atoms with Crippen LogP contribution in [0.4, 0.5) is 0 Å². The number of hydrogen-bond acceptors (Lipinski definition) is 3. The van der Waals surface area contributed by atoms with Gasteiger partial charge in [0, 0.05) is 26.2 Å². The smallest absolute Gasteiger partial charge is 0.251 e. The van der Waals surface area contributed by atoms with Gasteiger partial charge >= 0.3 is 0 Å². The second kappa shape index (κ2) is 10.1. The van der Waals surface area contributed by atoms with Gasteiger partial charge in [0.15, 0.2) is 0 Å². The molecule has 32 heavy (non-hydrogen) atoms. The number of carbonyl (C=O) groups is 2. The second-order valence-electron chi connectivity index (χ2n) is 8.89. The van der Waals surface area contributed by atoms with Crippen LogP contribution < -0.4 is 5.32 Å². The molecule has 2 amide bonds. The van der Waals surface area contributed by atoms with E-state index in [-0.39, 0.29) is 17.9 Å². The summed E-state index contributed by atoms with van der Waals surface area (Å²) in [5.74, 6) is 0.0217. The zero-order valence-corrected chi connectivity index (χ0v) is 18.6. The first-order chi connectivity index (χ1) is 15.6. The van der Waals surface area contributed by atoms with E-state index in [9.17, 15) is 9.59 Å². The average molecular weight is 433 g/mol. The Morgan fingerprint density at radius 2 is 1.94 bits per heavy atom. The maximum atomic E-state index is 13.4. The second-order valence-corrected chi connectivity index (χ2v) is 8.89. The Balaban J connectivity index is 1.60. The number of benzene rings is 2. The molecule has 0 saturated carbocycles. The quantitative estimate of drug-likeness (QED) is 0.673. The highest BCUT2D eigenvalue weighted by Crippen LogP contribution is 2.36. The zero-order valence-electron chi connectivity index (χ0n) is 18.6. The molecule has 0 radical (unpaired) electrons. The number of amides is 2. The predicted octanol–water partition coefficient (Wildman–Crippen LogP) is 3.99.